The standard InChI is InChI=1S/C42H31N3/c1-28-38(20-11-22-43-28)44-23-21-31-25-42-37(27-40(31)44)35-17-8-7-16-34(35)36-18-9-10-19-39(36)45(42)41-26-32(29-12-3-2-4-13-29)24-30-14-5-6-15-33(30)41/h2-20,22,24-27H,21,23H2,1H3. The fourth-order valence-corrected chi connectivity index (χ4v) is 7.35. The number of rotatable bonds is 3. The smallest absolute Gasteiger partial charge is 0.0627 e. The number of aryl methyl sites for hydroxylation is 1. The van der Waals surface area contributed by atoms with Crippen LogP contribution in [0.2, 0.25) is 0 Å². The number of nitrogens with zero attached hydrogens (tertiary/aromatic N) is 3. The first-order valence-corrected chi connectivity index (χ1v) is 15.7. The molecule has 45 heavy (non-hydrogen) atoms. The Balaban J connectivity index is 1.36. The van der Waals surface area contributed by atoms with Crippen molar-refractivity contribution >= 4 is 39.2 Å². The van der Waals surface area contributed by atoms with Gasteiger partial charge in [0.05, 0.1) is 28.4 Å². The molecule has 2 aliphatic rings. The van der Waals surface area contributed by atoms with Crippen LogP contribution in [0.25, 0.3) is 44.2 Å². The van der Waals surface area contributed by atoms with Crippen LogP contribution in [-0.2, 0) is 6.42 Å². The van der Waals surface area contributed by atoms with Crippen molar-refractivity contribution in [3.63, 3.8) is 0 Å². The minimum Gasteiger partial charge on any atom is -0.339 e. The molecule has 0 amide bonds. The summed E-state index contributed by atoms with van der Waals surface area (Å²) < 4.78 is 0. The molecule has 0 radical (unpaired) electrons. The number of fused-ring (bicyclic) bond motifs is 7. The summed E-state index contributed by atoms with van der Waals surface area (Å²) in [7, 11) is 0. The van der Waals surface area contributed by atoms with E-state index < -0.39 is 0 Å². The molecule has 3 nitrogen and oxygen atoms in total. The van der Waals surface area contributed by atoms with Gasteiger partial charge in [-0.2, -0.15) is 0 Å². The van der Waals surface area contributed by atoms with Crippen molar-refractivity contribution in [3.8, 4) is 33.4 Å². The van der Waals surface area contributed by atoms with E-state index in [4.69, 9.17) is 0 Å². The molecule has 0 bridgehead atoms. The summed E-state index contributed by atoms with van der Waals surface area (Å²) in [5.41, 5.74) is 15.9. The Morgan fingerprint density at radius 2 is 1.22 bits per heavy atom. The lowest BCUT2D eigenvalue weighted by Gasteiger charge is -2.30. The van der Waals surface area contributed by atoms with Crippen molar-refractivity contribution in [2.45, 2.75) is 13.3 Å². The average Bonchev–Trinajstić information content (AvgIpc) is 3.46. The van der Waals surface area contributed by atoms with E-state index >= 15 is 0 Å². The third-order valence-corrected chi connectivity index (χ3v) is 9.44. The van der Waals surface area contributed by atoms with E-state index in [-0.39, 0.29) is 0 Å². The highest BCUT2D eigenvalue weighted by atomic mass is 15.2. The Morgan fingerprint density at radius 1 is 0.511 bits per heavy atom. The predicted octanol–water partition coefficient (Wildman–Crippen LogP) is 11.0. The van der Waals surface area contributed by atoms with Crippen LogP contribution in [0.4, 0.5) is 28.4 Å². The average molecular weight is 578 g/mol. The summed E-state index contributed by atoms with van der Waals surface area (Å²) in [6, 6.07) is 51.1. The molecule has 0 fully saturated rings. The van der Waals surface area contributed by atoms with Gasteiger partial charge < -0.3 is 9.80 Å². The topological polar surface area (TPSA) is 19.4 Å². The molecular weight excluding hydrogens is 546 g/mol. The fraction of sp³-hybridized carbons (Fsp3) is 0.0714. The molecule has 3 heteroatoms. The molecule has 214 valence electrons. The van der Waals surface area contributed by atoms with E-state index in [1.807, 2.05) is 12.3 Å². The SMILES string of the molecule is Cc1ncccc1N1CCc2cc3c(cc21)-c1ccccc1-c1ccccc1N3c1cc(-c2ccccc2)cc2ccccc12. The molecule has 2 aliphatic heterocycles. The molecule has 7 aromatic rings. The molecule has 0 aliphatic carbocycles. The van der Waals surface area contributed by atoms with E-state index in [1.165, 1.54) is 78.2 Å². The highest BCUT2D eigenvalue weighted by Gasteiger charge is 2.31. The lowest BCUT2D eigenvalue weighted by atomic mass is 9.93. The number of pyridine rings is 1. The molecule has 0 spiro atoms. The number of anilines is 5. The van der Waals surface area contributed by atoms with Gasteiger partial charge in [-0.25, -0.2) is 0 Å². The van der Waals surface area contributed by atoms with E-state index in [0.29, 0.717) is 0 Å². The summed E-state index contributed by atoms with van der Waals surface area (Å²) in [6.07, 6.45) is 2.87. The first-order chi connectivity index (χ1) is 22.2. The van der Waals surface area contributed by atoms with Crippen LogP contribution in [0.3, 0.4) is 0 Å². The van der Waals surface area contributed by atoms with Crippen molar-refractivity contribution < 1.29 is 0 Å². The molecule has 9 rings (SSSR count). The van der Waals surface area contributed by atoms with Gasteiger partial charge in [0, 0.05) is 34.9 Å². The van der Waals surface area contributed by atoms with Crippen LogP contribution >= 0.6 is 0 Å². The molecule has 0 atom stereocenters. The maximum absolute atomic E-state index is 4.63. The Kier molecular flexibility index (Phi) is 5.85. The number of hydrogen-bond acceptors (Lipinski definition) is 3. The van der Waals surface area contributed by atoms with Crippen molar-refractivity contribution in [2.75, 3.05) is 16.3 Å². The maximum Gasteiger partial charge on any atom is 0.0627 e. The summed E-state index contributed by atoms with van der Waals surface area (Å²) in [5.74, 6) is 0. The van der Waals surface area contributed by atoms with Crippen molar-refractivity contribution in [1.82, 2.24) is 4.98 Å². The Morgan fingerprint density at radius 3 is 2.07 bits per heavy atom. The van der Waals surface area contributed by atoms with Crippen LogP contribution in [0.1, 0.15) is 11.3 Å². The molecule has 3 heterocycles. The molecule has 0 unspecified atom stereocenters. The Bertz CT molecular complexity index is 2250. The van der Waals surface area contributed by atoms with Crippen LogP contribution in [0, 0.1) is 6.92 Å². The van der Waals surface area contributed by atoms with Gasteiger partial charge in [0.25, 0.3) is 0 Å². The fourth-order valence-electron chi connectivity index (χ4n) is 7.35. The van der Waals surface area contributed by atoms with E-state index in [2.05, 4.69) is 155 Å². The number of hydrogen-bond donors (Lipinski definition) is 0. The lowest BCUT2D eigenvalue weighted by Crippen LogP contribution is -2.15. The van der Waals surface area contributed by atoms with Gasteiger partial charge in [0.15, 0.2) is 0 Å². The van der Waals surface area contributed by atoms with Crippen molar-refractivity contribution in [1.29, 1.82) is 0 Å². The third-order valence-electron chi connectivity index (χ3n) is 9.44. The van der Waals surface area contributed by atoms with Crippen LogP contribution in [0.15, 0.2) is 146 Å². The number of aromatic nitrogens is 1. The largest absolute Gasteiger partial charge is 0.339 e. The van der Waals surface area contributed by atoms with Gasteiger partial charge in [-0.1, -0.05) is 97.1 Å². The minimum absolute atomic E-state index is 0.940. The minimum atomic E-state index is 0.940. The molecule has 6 aromatic carbocycles. The van der Waals surface area contributed by atoms with Gasteiger partial charge >= 0.3 is 0 Å². The van der Waals surface area contributed by atoms with Crippen LogP contribution < -0.4 is 9.80 Å². The zero-order valence-electron chi connectivity index (χ0n) is 25.1. The molecular formula is C42H31N3. The van der Waals surface area contributed by atoms with Gasteiger partial charge in [0.1, 0.15) is 0 Å². The highest BCUT2D eigenvalue weighted by Crippen LogP contribution is 2.54. The third kappa shape index (κ3) is 4.08. The molecule has 0 N–H and O–H groups in total. The van der Waals surface area contributed by atoms with Gasteiger partial charge in [-0.05, 0) is 89.0 Å². The highest BCUT2D eigenvalue weighted by molar-refractivity contribution is 6.09. The molecule has 1 aromatic heterocycles. The number of benzene rings is 6. The van der Waals surface area contributed by atoms with Crippen LogP contribution in [0.5, 0.6) is 0 Å². The summed E-state index contributed by atoms with van der Waals surface area (Å²) >= 11 is 0. The van der Waals surface area contributed by atoms with E-state index in [0.717, 1.165) is 18.7 Å². The second kappa shape index (κ2) is 10.2. The molecule has 0 saturated carbocycles. The van der Waals surface area contributed by atoms with E-state index in [1.54, 1.807) is 0 Å². The summed E-state index contributed by atoms with van der Waals surface area (Å²) in [5, 5.41) is 2.46. The van der Waals surface area contributed by atoms with Crippen molar-refractivity contribution in [2.24, 2.45) is 0 Å². The molecule has 0 saturated heterocycles. The quantitative estimate of drug-likeness (QED) is 0.208. The summed E-state index contributed by atoms with van der Waals surface area (Å²) in [6.45, 7) is 3.05. The summed E-state index contributed by atoms with van der Waals surface area (Å²) in [4.78, 5) is 9.60. The zero-order chi connectivity index (χ0) is 29.9. The Labute approximate surface area is 263 Å². The first-order valence-electron chi connectivity index (χ1n) is 15.7. The second-order valence-electron chi connectivity index (χ2n) is 12.0. The van der Waals surface area contributed by atoms with Crippen LogP contribution in [-0.4, -0.2) is 11.5 Å². The lowest BCUT2D eigenvalue weighted by molar-refractivity contribution is 0.981. The monoisotopic (exact) mass is 577 g/mol. The first kappa shape index (κ1) is 25.8. The predicted molar refractivity (Wildman–Crippen MR) is 188 cm³/mol. The van der Waals surface area contributed by atoms with Crippen molar-refractivity contribution in [3.05, 3.63) is 157 Å². The number of para-hydroxylation sites is 1. The zero-order valence-corrected chi connectivity index (χ0v) is 25.1. The second-order valence-corrected chi connectivity index (χ2v) is 12.0. The van der Waals surface area contributed by atoms with E-state index in [9.17, 15) is 0 Å². The normalized spacial score (nSPS) is 13.2. The van der Waals surface area contributed by atoms with Gasteiger partial charge in [-0.15, -0.1) is 0 Å². The van der Waals surface area contributed by atoms with Gasteiger partial charge in [0.2, 0.25) is 0 Å². The maximum atomic E-state index is 4.63. The Hall–Kier alpha value is -5.67. The van der Waals surface area contributed by atoms with Gasteiger partial charge in [-0.3, -0.25) is 4.98 Å².